The predicted molar refractivity (Wildman–Crippen MR) is 97.6 cm³/mol. The highest BCUT2D eigenvalue weighted by molar-refractivity contribution is 6.11. The summed E-state index contributed by atoms with van der Waals surface area (Å²) in [6.45, 7) is 0. The molecule has 3 fully saturated rings. The van der Waals surface area contributed by atoms with Crippen LogP contribution >= 0.6 is 0 Å². The van der Waals surface area contributed by atoms with Gasteiger partial charge in [0.1, 0.15) is 0 Å². The van der Waals surface area contributed by atoms with Gasteiger partial charge in [-0.2, -0.15) is 0 Å². The minimum Gasteiger partial charge on any atom is -0.0774 e. The molecule has 0 bridgehead atoms. The van der Waals surface area contributed by atoms with Crippen LogP contribution in [0.3, 0.4) is 0 Å². The summed E-state index contributed by atoms with van der Waals surface area (Å²) in [5, 5.41) is 0. The minimum absolute atomic E-state index is 0.510. The van der Waals surface area contributed by atoms with Crippen LogP contribution in [0.25, 0.3) is 0 Å². The highest BCUT2D eigenvalue weighted by Crippen LogP contribution is 2.43. The van der Waals surface area contributed by atoms with Crippen LogP contribution in [0.15, 0.2) is 0 Å². The molecule has 3 aliphatic rings. The third-order valence-electron chi connectivity index (χ3n) is 7.25. The van der Waals surface area contributed by atoms with Crippen LogP contribution in [-0.4, -0.2) is 15.7 Å². The molecule has 2 heteroatoms. The van der Waals surface area contributed by atoms with E-state index in [0.717, 1.165) is 23.7 Å². The van der Waals surface area contributed by atoms with Crippen LogP contribution in [0.1, 0.15) is 89.9 Å². The first-order chi connectivity index (χ1) is 10.7. The van der Waals surface area contributed by atoms with Crippen molar-refractivity contribution >= 4 is 15.7 Å². The van der Waals surface area contributed by atoms with E-state index in [1.807, 2.05) is 0 Å². The quantitative estimate of drug-likeness (QED) is 0.569. The summed E-state index contributed by atoms with van der Waals surface area (Å²) in [5.74, 6) is 5.11. The fraction of sp³-hybridized carbons (Fsp3) is 1.00. The summed E-state index contributed by atoms with van der Waals surface area (Å²) in [6, 6.07) is 0. The molecule has 0 aromatic heterocycles. The number of rotatable bonds is 4. The molecule has 0 saturated heterocycles. The Bertz CT molecular complexity index is 306. The topological polar surface area (TPSA) is 0 Å². The Hall–Kier alpha value is 0.130. The molecule has 3 aliphatic carbocycles. The van der Waals surface area contributed by atoms with Crippen LogP contribution in [-0.2, 0) is 0 Å². The second-order valence-electron chi connectivity index (χ2n) is 8.81. The lowest BCUT2D eigenvalue weighted by Gasteiger charge is -2.38. The zero-order valence-corrected chi connectivity index (χ0v) is 14.5. The first-order valence-corrected chi connectivity index (χ1v) is 10.2. The molecule has 0 amide bonds. The molecule has 0 aromatic rings. The summed E-state index contributed by atoms with van der Waals surface area (Å²) < 4.78 is 0. The van der Waals surface area contributed by atoms with Crippen LogP contribution in [0.5, 0.6) is 0 Å². The van der Waals surface area contributed by atoms with Crippen LogP contribution in [0, 0.1) is 23.7 Å². The SMILES string of the molecule is [B]C1CCC(CCC2CCC(C3CCC([B])CC3)CC2)CC1. The molecule has 3 rings (SSSR count). The monoisotopic (exact) mass is 296 g/mol. The predicted octanol–water partition coefficient (Wildman–Crippen LogP) is 5.87. The van der Waals surface area contributed by atoms with Gasteiger partial charge in [0.2, 0.25) is 0 Å². The molecule has 0 nitrogen and oxygen atoms in total. The highest BCUT2D eigenvalue weighted by Gasteiger charge is 2.30. The first-order valence-electron chi connectivity index (χ1n) is 10.2. The van der Waals surface area contributed by atoms with E-state index in [2.05, 4.69) is 0 Å². The molecule has 22 heavy (non-hydrogen) atoms. The molecular formula is C20H34B2. The van der Waals surface area contributed by atoms with E-state index in [0.29, 0.717) is 11.6 Å². The number of hydrogen-bond donors (Lipinski definition) is 0. The molecule has 0 spiro atoms. The fourth-order valence-corrected chi connectivity index (χ4v) is 5.51. The zero-order valence-electron chi connectivity index (χ0n) is 14.5. The molecule has 4 radical (unpaired) electrons. The maximum atomic E-state index is 6.06. The van der Waals surface area contributed by atoms with Gasteiger partial charge in [0, 0.05) is 0 Å². The van der Waals surface area contributed by atoms with E-state index in [9.17, 15) is 0 Å². The average Bonchev–Trinajstić information content (AvgIpc) is 2.56. The lowest BCUT2D eigenvalue weighted by Crippen LogP contribution is -2.25. The molecule has 0 aromatic carbocycles. The van der Waals surface area contributed by atoms with Crippen molar-refractivity contribution in [1.82, 2.24) is 0 Å². The lowest BCUT2D eigenvalue weighted by atomic mass is 9.65. The van der Waals surface area contributed by atoms with Crippen LogP contribution in [0.4, 0.5) is 0 Å². The normalized spacial score (nSPS) is 43.8. The second-order valence-corrected chi connectivity index (χ2v) is 8.81. The van der Waals surface area contributed by atoms with Crippen molar-refractivity contribution in [3.05, 3.63) is 0 Å². The van der Waals surface area contributed by atoms with E-state index in [1.54, 1.807) is 0 Å². The van der Waals surface area contributed by atoms with Gasteiger partial charge in [-0.05, 0) is 36.5 Å². The maximum Gasteiger partial charge on any atom is 0.0699 e. The van der Waals surface area contributed by atoms with Gasteiger partial charge in [0.05, 0.1) is 15.7 Å². The molecule has 0 unspecified atom stereocenters. The van der Waals surface area contributed by atoms with Gasteiger partial charge in [0.25, 0.3) is 0 Å². The molecule has 0 aliphatic heterocycles. The van der Waals surface area contributed by atoms with Crippen molar-refractivity contribution < 1.29 is 0 Å². The largest absolute Gasteiger partial charge is 0.0774 e. The Labute approximate surface area is 141 Å². The van der Waals surface area contributed by atoms with Crippen molar-refractivity contribution in [3.8, 4) is 0 Å². The van der Waals surface area contributed by atoms with Crippen molar-refractivity contribution in [2.24, 2.45) is 23.7 Å². The van der Waals surface area contributed by atoms with Gasteiger partial charge >= 0.3 is 0 Å². The summed E-state index contributed by atoms with van der Waals surface area (Å²) in [5.41, 5.74) is 0. The van der Waals surface area contributed by atoms with Gasteiger partial charge in [-0.25, -0.2) is 0 Å². The van der Waals surface area contributed by atoms with Crippen LogP contribution < -0.4 is 0 Å². The number of hydrogen-bond acceptors (Lipinski definition) is 0. The maximum absolute atomic E-state index is 6.06. The lowest BCUT2D eigenvalue weighted by molar-refractivity contribution is 0.158. The standard InChI is InChI=1S/C20H34B2/c21-19-11-5-16(6-12-19)2-1-15-3-7-17(8-4-15)18-9-13-20(22)14-10-18/h15-20H,1-14H2. The van der Waals surface area contributed by atoms with E-state index in [-0.39, 0.29) is 0 Å². The first kappa shape index (κ1) is 17.0. The Morgan fingerprint density at radius 1 is 0.455 bits per heavy atom. The summed E-state index contributed by atoms with van der Waals surface area (Å²) in [6.07, 6.45) is 19.8. The molecular weight excluding hydrogens is 262 g/mol. The van der Waals surface area contributed by atoms with Crippen LogP contribution in [0.2, 0.25) is 11.6 Å². The molecule has 120 valence electrons. The van der Waals surface area contributed by atoms with E-state index >= 15 is 0 Å². The van der Waals surface area contributed by atoms with Crippen molar-refractivity contribution in [1.29, 1.82) is 0 Å². The van der Waals surface area contributed by atoms with Crippen molar-refractivity contribution in [3.63, 3.8) is 0 Å². The van der Waals surface area contributed by atoms with Gasteiger partial charge in [-0.3, -0.25) is 0 Å². The van der Waals surface area contributed by atoms with E-state index < -0.39 is 0 Å². The van der Waals surface area contributed by atoms with Gasteiger partial charge in [-0.15, -0.1) is 0 Å². The Kier molecular flexibility index (Phi) is 6.40. The van der Waals surface area contributed by atoms with Crippen molar-refractivity contribution in [2.45, 2.75) is 102 Å². The third kappa shape index (κ3) is 4.81. The minimum atomic E-state index is 0.510. The van der Waals surface area contributed by atoms with Gasteiger partial charge in [0.15, 0.2) is 0 Å². The Morgan fingerprint density at radius 2 is 0.773 bits per heavy atom. The Balaban J connectivity index is 1.32. The van der Waals surface area contributed by atoms with E-state index in [4.69, 9.17) is 15.7 Å². The average molecular weight is 296 g/mol. The molecule has 0 atom stereocenters. The zero-order chi connectivity index (χ0) is 15.4. The summed E-state index contributed by atoms with van der Waals surface area (Å²) in [4.78, 5) is 0. The second kappa shape index (κ2) is 8.29. The van der Waals surface area contributed by atoms with Gasteiger partial charge in [-0.1, -0.05) is 88.7 Å². The smallest absolute Gasteiger partial charge is 0.0699 e. The van der Waals surface area contributed by atoms with Gasteiger partial charge < -0.3 is 0 Å². The fourth-order valence-electron chi connectivity index (χ4n) is 5.51. The summed E-state index contributed by atoms with van der Waals surface area (Å²) >= 11 is 0. The van der Waals surface area contributed by atoms with Crippen molar-refractivity contribution in [2.75, 3.05) is 0 Å². The Morgan fingerprint density at radius 3 is 1.23 bits per heavy atom. The molecule has 3 saturated carbocycles. The summed E-state index contributed by atoms with van der Waals surface area (Å²) in [7, 11) is 12.1. The third-order valence-corrected chi connectivity index (χ3v) is 7.25. The molecule has 0 heterocycles. The molecule has 0 N–H and O–H groups in total. The van der Waals surface area contributed by atoms with E-state index in [1.165, 1.54) is 89.9 Å². The highest BCUT2D eigenvalue weighted by atomic mass is 14.3.